The molecule has 0 aromatic heterocycles. The second-order valence-electron chi connectivity index (χ2n) is 5.77. The summed E-state index contributed by atoms with van der Waals surface area (Å²) >= 11 is 0. The van der Waals surface area contributed by atoms with Gasteiger partial charge in [0.1, 0.15) is 0 Å². The van der Waals surface area contributed by atoms with Crippen molar-refractivity contribution >= 4 is 0 Å². The lowest BCUT2D eigenvalue weighted by Crippen LogP contribution is -2.13. The second-order valence-corrected chi connectivity index (χ2v) is 5.77. The maximum atomic E-state index is 9.73. The van der Waals surface area contributed by atoms with Gasteiger partial charge < -0.3 is 10.8 Å². The minimum Gasteiger partial charge on any atom is -0.392 e. The fraction of sp³-hybridized carbons (Fsp3) is 0.588. The molecule has 107 valence electrons. The summed E-state index contributed by atoms with van der Waals surface area (Å²) in [6, 6.07) is 2.27. The van der Waals surface area contributed by atoms with Gasteiger partial charge in [-0.15, -0.1) is 0 Å². The molecule has 0 unspecified atom stereocenters. The molecule has 0 saturated heterocycles. The number of aliphatic hydroxyl groups excluding tert-OH is 1. The van der Waals surface area contributed by atoms with Crippen molar-refractivity contribution in [2.45, 2.75) is 65.5 Å². The van der Waals surface area contributed by atoms with Crippen molar-refractivity contribution < 1.29 is 5.11 Å². The topological polar surface area (TPSA) is 46.2 Å². The standard InChI is InChI=1S/C17H28NO/c1-6-7-13-14(11(2)3)8-15(12(4)5)17(10-19)16(13)9-18/h8,11-12,19H,1,6-7,9-10,18H2,2-5H3. The largest absolute Gasteiger partial charge is 0.392 e. The Kier molecular flexibility index (Phi) is 6.02. The van der Waals surface area contributed by atoms with Crippen LogP contribution in [-0.2, 0) is 19.6 Å². The third-order valence-corrected chi connectivity index (χ3v) is 3.77. The third-order valence-electron chi connectivity index (χ3n) is 3.77. The van der Waals surface area contributed by atoms with Gasteiger partial charge in [-0.2, -0.15) is 0 Å². The van der Waals surface area contributed by atoms with Gasteiger partial charge in [-0.05, 0) is 52.5 Å². The van der Waals surface area contributed by atoms with Gasteiger partial charge in [-0.25, -0.2) is 0 Å². The van der Waals surface area contributed by atoms with Crippen molar-refractivity contribution in [3.8, 4) is 0 Å². The summed E-state index contributed by atoms with van der Waals surface area (Å²) in [7, 11) is 0. The van der Waals surface area contributed by atoms with Crippen LogP contribution in [0.1, 0.15) is 73.8 Å². The van der Waals surface area contributed by atoms with Gasteiger partial charge in [0.25, 0.3) is 0 Å². The van der Waals surface area contributed by atoms with E-state index in [0.29, 0.717) is 18.4 Å². The summed E-state index contributed by atoms with van der Waals surface area (Å²) in [5.41, 5.74) is 12.0. The van der Waals surface area contributed by atoms with E-state index in [1.807, 2.05) is 0 Å². The van der Waals surface area contributed by atoms with Crippen LogP contribution in [0.5, 0.6) is 0 Å². The summed E-state index contributed by atoms with van der Waals surface area (Å²) in [5.74, 6) is 0.871. The first-order chi connectivity index (χ1) is 8.97. The molecule has 0 aliphatic carbocycles. The van der Waals surface area contributed by atoms with Gasteiger partial charge in [-0.3, -0.25) is 0 Å². The molecule has 0 saturated carbocycles. The lowest BCUT2D eigenvalue weighted by atomic mass is 9.82. The Morgan fingerprint density at radius 2 is 1.58 bits per heavy atom. The molecule has 1 aromatic carbocycles. The molecule has 1 rings (SSSR count). The molecule has 1 radical (unpaired) electrons. The maximum absolute atomic E-state index is 9.73. The lowest BCUT2D eigenvalue weighted by molar-refractivity contribution is 0.278. The molecular weight excluding hydrogens is 234 g/mol. The fourth-order valence-corrected chi connectivity index (χ4v) is 2.81. The number of hydrogen-bond acceptors (Lipinski definition) is 2. The van der Waals surface area contributed by atoms with Gasteiger partial charge in [0.05, 0.1) is 6.61 Å². The number of hydrogen-bond donors (Lipinski definition) is 2. The van der Waals surface area contributed by atoms with Crippen LogP contribution in [0, 0.1) is 6.92 Å². The first-order valence-corrected chi connectivity index (χ1v) is 7.25. The smallest absolute Gasteiger partial charge is 0.0687 e. The average Bonchev–Trinajstić information content (AvgIpc) is 2.37. The monoisotopic (exact) mass is 262 g/mol. The van der Waals surface area contributed by atoms with Crippen LogP contribution in [0.4, 0.5) is 0 Å². The maximum Gasteiger partial charge on any atom is 0.0687 e. The summed E-state index contributed by atoms with van der Waals surface area (Å²) in [6.07, 6.45) is 1.80. The van der Waals surface area contributed by atoms with Gasteiger partial charge in [0, 0.05) is 6.54 Å². The van der Waals surface area contributed by atoms with Crippen LogP contribution >= 0.6 is 0 Å². The van der Waals surface area contributed by atoms with E-state index in [-0.39, 0.29) is 6.61 Å². The fourth-order valence-electron chi connectivity index (χ4n) is 2.81. The van der Waals surface area contributed by atoms with Gasteiger partial charge in [0.15, 0.2) is 0 Å². The van der Waals surface area contributed by atoms with E-state index in [4.69, 9.17) is 5.73 Å². The highest BCUT2D eigenvalue weighted by molar-refractivity contribution is 5.48. The Morgan fingerprint density at radius 1 is 1.05 bits per heavy atom. The number of rotatable bonds is 6. The summed E-state index contributed by atoms with van der Waals surface area (Å²) in [5, 5.41) is 9.73. The molecule has 2 heteroatoms. The molecule has 0 aliphatic heterocycles. The molecule has 0 aliphatic rings. The van der Waals surface area contributed by atoms with Crippen molar-refractivity contribution in [3.63, 3.8) is 0 Å². The average molecular weight is 262 g/mol. The van der Waals surface area contributed by atoms with Crippen LogP contribution in [0.25, 0.3) is 0 Å². The zero-order valence-corrected chi connectivity index (χ0v) is 12.8. The van der Waals surface area contributed by atoms with Crippen LogP contribution in [-0.4, -0.2) is 5.11 Å². The highest BCUT2D eigenvalue weighted by Crippen LogP contribution is 2.33. The highest BCUT2D eigenvalue weighted by Gasteiger charge is 2.19. The van der Waals surface area contributed by atoms with Crippen molar-refractivity contribution in [1.29, 1.82) is 0 Å². The molecule has 3 N–H and O–H groups in total. The van der Waals surface area contributed by atoms with E-state index < -0.39 is 0 Å². The summed E-state index contributed by atoms with van der Waals surface area (Å²) in [6.45, 7) is 13.3. The zero-order valence-electron chi connectivity index (χ0n) is 12.8. The number of aliphatic hydroxyl groups is 1. The molecule has 2 nitrogen and oxygen atoms in total. The minimum absolute atomic E-state index is 0.0720. The van der Waals surface area contributed by atoms with E-state index in [2.05, 4.69) is 40.7 Å². The minimum atomic E-state index is 0.0720. The molecule has 0 atom stereocenters. The second kappa shape index (κ2) is 7.06. The zero-order chi connectivity index (χ0) is 14.6. The van der Waals surface area contributed by atoms with Crippen molar-refractivity contribution in [1.82, 2.24) is 0 Å². The normalized spacial score (nSPS) is 11.6. The Hall–Kier alpha value is -0.860. The number of benzene rings is 1. The van der Waals surface area contributed by atoms with Gasteiger partial charge in [0.2, 0.25) is 0 Å². The van der Waals surface area contributed by atoms with Gasteiger partial charge in [-0.1, -0.05) is 40.7 Å². The SMILES string of the molecule is [CH2]CCc1c(C(C)C)cc(C(C)C)c(CO)c1CN. The molecule has 0 bridgehead atoms. The first kappa shape index (κ1) is 16.2. The Balaban J connectivity index is 3.59. The Bertz CT molecular complexity index is 422. The first-order valence-electron chi connectivity index (χ1n) is 7.25. The van der Waals surface area contributed by atoms with E-state index in [1.54, 1.807) is 0 Å². The summed E-state index contributed by atoms with van der Waals surface area (Å²) < 4.78 is 0. The van der Waals surface area contributed by atoms with E-state index in [0.717, 1.165) is 24.0 Å². The van der Waals surface area contributed by atoms with E-state index in [1.165, 1.54) is 16.7 Å². The Labute approximate surface area is 118 Å². The summed E-state index contributed by atoms with van der Waals surface area (Å²) in [4.78, 5) is 0. The molecule has 0 heterocycles. The molecule has 0 spiro atoms. The molecule has 19 heavy (non-hydrogen) atoms. The molecule has 1 aromatic rings. The predicted molar refractivity (Wildman–Crippen MR) is 82.1 cm³/mol. The quantitative estimate of drug-likeness (QED) is 0.822. The Morgan fingerprint density at radius 3 is 1.95 bits per heavy atom. The molecule has 0 amide bonds. The van der Waals surface area contributed by atoms with E-state index >= 15 is 0 Å². The van der Waals surface area contributed by atoms with Crippen LogP contribution in [0.2, 0.25) is 0 Å². The van der Waals surface area contributed by atoms with Crippen LogP contribution in [0.3, 0.4) is 0 Å². The molecular formula is C17H28NO. The van der Waals surface area contributed by atoms with Crippen molar-refractivity contribution in [2.75, 3.05) is 0 Å². The van der Waals surface area contributed by atoms with Crippen molar-refractivity contribution in [3.05, 3.63) is 40.8 Å². The predicted octanol–water partition coefficient (Wildman–Crippen LogP) is 3.65. The highest BCUT2D eigenvalue weighted by atomic mass is 16.3. The van der Waals surface area contributed by atoms with E-state index in [9.17, 15) is 5.11 Å². The van der Waals surface area contributed by atoms with Crippen LogP contribution < -0.4 is 5.73 Å². The lowest BCUT2D eigenvalue weighted by Gasteiger charge is -2.24. The third kappa shape index (κ3) is 3.37. The number of nitrogens with two attached hydrogens (primary N) is 1. The van der Waals surface area contributed by atoms with Crippen molar-refractivity contribution in [2.24, 2.45) is 5.73 Å². The molecule has 0 fully saturated rings. The van der Waals surface area contributed by atoms with Crippen LogP contribution in [0.15, 0.2) is 6.07 Å². The van der Waals surface area contributed by atoms with Gasteiger partial charge >= 0.3 is 0 Å².